The minimum absolute atomic E-state index is 0.218. The predicted octanol–water partition coefficient (Wildman–Crippen LogP) is 8.09. The molecule has 1 unspecified atom stereocenters. The van der Waals surface area contributed by atoms with Gasteiger partial charge in [0.1, 0.15) is 5.82 Å². The number of aliphatic hydroxyl groups excluding tert-OH is 1. The van der Waals surface area contributed by atoms with Crippen LogP contribution in [0.3, 0.4) is 0 Å². The molecule has 0 bridgehead atoms. The van der Waals surface area contributed by atoms with Crippen molar-refractivity contribution in [2.45, 2.75) is 63.2 Å². The molecule has 1 N–H and O–H groups in total. The zero-order valence-corrected chi connectivity index (χ0v) is 19.3. The fraction of sp³-hybridized carbons (Fsp3) is 0.333. The van der Waals surface area contributed by atoms with Gasteiger partial charge >= 0.3 is 0 Å². The lowest BCUT2D eigenvalue weighted by Crippen LogP contribution is -2.10. The summed E-state index contributed by atoms with van der Waals surface area (Å²) in [6, 6.07) is 19.3. The van der Waals surface area contributed by atoms with Crippen LogP contribution in [0.2, 0.25) is 0 Å². The van der Waals surface area contributed by atoms with Gasteiger partial charge in [-0.05, 0) is 76.4 Å². The topological polar surface area (TPSA) is 20.2 Å². The van der Waals surface area contributed by atoms with Crippen LogP contribution in [-0.2, 0) is 5.75 Å². The molecule has 0 saturated carbocycles. The summed E-state index contributed by atoms with van der Waals surface area (Å²) < 4.78 is 13.3. The molecule has 30 heavy (non-hydrogen) atoms. The summed E-state index contributed by atoms with van der Waals surface area (Å²) in [4.78, 5) is 1.04. The molecule has 1 atom stereocenters. The van der Waals surface area contributed by atoms with E-state index in [1.807, 2.05) is 25.1 Å². The second-order valence-electron chi connectivity index (χ2n) is 8.42. The summed E-state index contributed by atoms with van der Waals surface area (Å²) in [7, 11) is 0. The van der Waals surface area contributed by atoms with E-state index < -0.39 is 6.10 Å². The monoisotopic (exact) mass is 422 g/mol. The van der Waals surface area contributed by atoms with E-state index in [1.54, 1.807) is 11.8 Å². The van der Waals surface area contributed by atoms with Crippen molar-refractivity contribution in [1.29, 1.82) is 0 Å². The number of thioether (sulfide) groups is 1. The first-order valence-electron chi connectivity index (χ1n) is 10.6. The summed E-state index contributed by atoms with van der Waals surface area (Å²) in [6.45, 7) is 10.7. The number of hydrogen-bond donors (Lipinski definition) is 1. The minimum atomic E-state index is -0.562. The number of hydrogen-bond acceptors (Lipinski definition) is 2. The van der Waals surface area contributed by atoms with E-state index in [0.29, 0.717) is 11.8 Å². The lowest BCUT2D eigenvalue weighted by Gasteiger charge is -2.27. The standard InChI is InChI=1S/C27H31FOS/c1-17(2)23-15-24(18(3)4)26(19(5)29)27(20-9-7-6-8-10-20)25(23)16-30-22-13-11-21(28)12-14-22/h6-15,17-19,29H,16H2,1-5H3. The van der Waals surface area contributed by atoms with E-state index in [2.05, 4.69) is 58.0 Å². The predicted molar refractivity (Wildman–Crippen MR) is 127 cm³/mol. The van der Waals surface area contributed by atoms with Crippen LogP contribution in [0, 0.1) is 5.82 Å². The zero-order valence-electron chi connectivity index (χ0n) is 18.4. The van der Waals surface area contributed by atoms with Crippen LogP contribution in [0.5, 0.6) is 0 Å². The van der Waals surface area contributed by atoms with Crippen molar-refractivity contribution in [3.8, 4) is 11.1 Å². The van der Waals surface area contributed by atoms with Crippen molar-refractivity contribution >= 4 is 11.8 Å². The van der Waals surface area contributed by atoms with Gasteiger partial charge in [-0.15, -0.1) is 11.8 Å². The highest BCUT2D eigenvalue weighted by molar-refractivity contribution is 7.98. The van der Waals surface area contributed by atoms with Crippen LogP contribution in [-0.4, -0.2) is 5.11 Å². The van der Waals surface area contributed by atoms with Gasteiger partial charge in [-0.1, -0.05) is 64.1 Å². The summed E-state index contributed by atoms with van der Waals surface area (Å²) in [5, 5.41) is 10.8. The van der Waals surface area contributed by atoms with Crippen LogP contribution >= 0.6 is 11.8 Å². The van der Waals surface area contributed by atoms with Crippen LogP contribution in [0.4, 0.5) is 4.39 Å². The maximum absolute atomic E-state index is 13.3. The van der Waals surface area contributed by atoms with Gasteiger partial charge in [-0.2, -0.15) is 0 Å². The van der Waals surface area contributed by atoms with E-state index in [9.17, 15) is 9.50 Å². The molecule has 0 aliphatic heterocycles. The molecule has 0 radical (unpaired) electrons. The molecule has 3 rings (SSSR count). The Bertz CT molecular complexity index is 976. The molecule has 0 amide bonds. The molecule has 0 spiro atoms. The van der Waals surface area contributed by atoms with Gasteiger partial charge in [0.05, 0.1) is 6.10 Å². The first-order chi connectivity index (χ1) is 14.3. The molecular weight excluding hydrogens is 391 g/mol. The summed E-state index contributed by atoms with van der Waals surface area (Å²) in [5.74, 6) is 1.22. The fourth-order valence-corrected chi connectivity index (χ4v) is 4.95. The Morgan fingerprint density at radius 3 is 1.97 bits per heavy atom. The average Bonchev–Trinajstić information content (AvgIpc) is 2.72. The molecule has 0 aromatic heterocycles. The molecule has 0 heterocycles. The Morgan fingerprint density at radius 1 is 0.833 bits per heavy atom. The van der Waals surface area contributed by atoms with Crippen LogP contribution in [0.25, 0.3) is 11.1 Å². The number of benzene rings is 3. The Labute approximate surface area is 184 Å². The van der Waals surface area contributed by atoms with Gasteiger partial charge in [-0.25, -0.2) is 4.39 Å². The quantitative estimate of drug-likeness (QED) is 0.388. The maximum atomic E-state index is 13.3. The largest absolute Gasteiger partial charge is 0.389 e. The van der Waals surface area contributed by atoms with Crippen molar-refractivity contribution in [3.63, 3.8) is 0 Å². The SMILES string of the molecule is CC(C)c1cc(C(C)C)c(C(C)O)c(-c2ccccc2)c1CSc1ccc(F)cc1. The van der Waals surface area contributed by atoms with Gasteiger partial charge in [0.15, 0.2) is 0 Å². The smallest absolute Gasteiger partial charge is 0.123 e. The molecule has 0 aliphatic carbocycles. The van der Waals surface area contributed by atoms with Crippen molar-refractivity contribution in [2.24, 2.45) is 0 Å². The van der Waals surface area contributed by atoms with Gasteiger partial charge in [0.2, 0.25) is 0 Å². The van der Waals surface area contributed by atoms with E-state index in [-0.39, 0.29) is 5.82 Å². The van der Waals surface area contributed by atoms with E-state index in [1.165, 1.54) is 28.8 Å². The van der Waals surface area contributed by atoms with E-state index in [4.69, 9.17) is 0 Å². The fourth-order valence-electron chi connectivity index (χ4n) is 4.00. The molecule has 1 nitrogen and oxygen atoms in total. The number of rotatable bonds is 7. The number of halogens is 1. The van der Waals surface area contributed by atoms with Crippen molar-refractivity contribution in [3.05, 3.63) is 88.7 Å². The van der Waals surface area contributed by atoms with Gasteiger partial charge in [-0.3, -0.25) is 0 Å². The third-order valence-electron chi connectivity index (χ3n) is 5.46. The third kappa shape index (κ3) is 4.96. The molecule has 0 fully saturated rings. The molecule has 3 aromatic carbocycles. The van der Waals surface area contributed by atoms with E-state index in [0.717, 1.165) is 27.3 Å². The Balaban J connectivity index is 2.23. The first-order valence-corrected chi connectivity index (χ1v) is 11.6. The maximum Gasteiger partial charge on any atom is 0.123 e. The zero-order chi connectivity index (χ0) is 21.8. The number of aliphatic hydroxyl groups is 1. The van der Waals surface area contributed by atoms with Crippen LogP contribution in [0.15, 0.2) is 65.6 Å². The summed E-state index contributed by atoms with van der Waals surface area (Å²) in [6.07, 6.45) is -0.562. The third-order valence-corrected chi connectivity index (χ3v) is 6.50. The molecule has 3 heteroatoms. The minimum Gasteiger partial charge on any atom is -0.389 e. The van der Waals surface area contributed by atoms with Gasteiger partial charge < -0.3 is 5.11 Å². The van der Waals surface area contributed by atoms with Crippen molar-refractivity contribution < 1.29 is 9.50 Å². The van der Waals surface area contributed by atoms with Gasteiger partial charge in [0.25, 0.3) is 0 Å². The summed E-state index contributed by atoms with van der Waals surface area (Å²) >= 11 is 1.71. The van der Waals surface area contributed by atoms with Crippen molar-refractivity contribution in [1.82, 2.24) is 0 Å². The Hall–Kier alpha value is -2.10. The molecule has 0 saturated heterocycles. The lowest BCUT2D eigenvalue weighted by atomic mass is 9.80. The second kappa shape index (κ2) is 9.80. The van der Waals surface area contributed by atoms with Gasteiger partial charge in [0, 0.05) is 10.6 Å². The molecule has 0 aliphatic rings. The highest BCUT2D eigenvalue weighted by Crippen LogP contribution is 2.43. The highest BCUT2D eigenvalue weighted by atomic mass is 32.2. The summed E-state index contributed by atoms with van der Waals surface area (Å²) in [5.41, 5.74) is 7.09. The molecular formula is C27H31FOS. The average molecular weight is 423 g/mol. The lowest BCUT2D eigenvalue weighted by molar-refractivity contribution is 0.198. The Kier molecular flexibility index (Phi) is 7.38. The first kappa shape index (κ1) is 22.6. The Morgan fingerprint density at radius 2 is 1.43 bits per heavy atom. The highest BCUT2D eigenvalue weighted by Gasteiger charge is 2.24. The van der Waals surface area contributed by atoms with Crippen LogP contribution < -0.4 is 0 Å². The normalized spacial score (nSPS) is 12.6. The van der Waals surface area contributed by atoms with E-state index >= 15 is 0 Å². The molecule has 158 valence electrons. The van der Waals surface area contributed by atoms with Crippen molar-refractivity contribution in [2.75, 3.05) is 0 Å². The van der Waals surface area contributed by atoms with Crippen LogP contribution in [0.1, 0.15) is 74.8 Å². The second-order valence-corrected chi connectivity index (χ2v) is 9.46. The molecule has 3 aromatic rings.